The molecule has 0 heterocycles. The summed E-state index contributed by atoms with van der Waals surface area (Å²) in [5, 5.41) is 1.90. The summed E-state index contributed by atoms with van der Waals surface area (Å²) in [6.07, 6.45) is -1.11. The Balaban J connectivity index is 2.64. The predicted molar refractivity (Wildman–Crippen MR) is 83.9 cm³/mol. The summed E-state index contributed by atoms with van der Waals surface area (Å²) in [6.45, 7) is 6.80. The van der Waals surface area contributed by atoms with Crippen molar-refractivity contribution in [2.45, 2.75) is 33.8 Å². The molecule has 3 amide bonds. The van der Waals surface area contributed by atoms with Gasteiger partial charge in [0.05, 0.1) is 0 Å². The molecular formula is C16H22N2O5. The summed E-state index contributed by atoms with van der Waals surface area (Å²) >= 11 is 0. The number of amides is 3. The minimum absolute atomic E-state index is 0.320. The highest BCUT2D eigenvalue weighted by atomic mass is 16.6. The normalized spacial score (nSPS) is 11.7. The average Bonchev–Trinajstić information content (AvgIpc) is 2.44. The molecule has 0 aromatic heterocycles. The highest BCUT2D eigenvalue weighted by molar-refractivity contribution is 5.96. The zero-order valence-corrected chi connectivity index (χ0v) is 13.7. The van der Waals surface area contributed by atoms with Gasteiger partial charge in [0.2, 0.25) is 0 Å². The number of imide groups is 1. The molecule has 1 rings (SSSR count). The van der Waals surface area contributed by atoms with Gasteiger partial charge in [-0.1, -0.05) is 26.0 Å². The van der Waals surface area contributed by atoms with E-state index in [0.717, 1.165) is 11.1 Å². The van der Waals surface area contributed by atoms with Crippen LogP contribution in [0.1, 0.15) is 25.0 Å². The van der Waals surface area contributed by atoms with Crippen molar-refractivity contribution < 1.29 is 23.9 Å². The summed E-state index contributed by atoms with van der Waals surface area (Å²) < 4.78 is 10.5. The number of hydrogen-bond acceptors (Lipinski definition) is 5. The lowest BCUT2D eigenvalue weighted by Gasteiger charge is -2.20. The number of primary amides is 1. The van der Waals surface area contributed by atoms with E-state index in [4.69, 9.17) is 15.2 Å². The number of urea groups is 1. The number of nitrogens with one attached hydrogen (secondary N) is 1. The summed E-state index contributed by atoms with van der Waals surface area (Å²) in [4.78, 5) is 34.4. The third kappa shape index (κ3) is 5.98. The molecule has 1 aromatic rings. The number of ether oxygens (including phenoxy) is 2. The van der Waals surface area contributed by atoms with Crippen LogP contribution in [0.2, 0.25) is 0 Å². The Morgan fingerprint density at radius 1 is 1.22 bits per heavy atom. The molecule has 0 radical (unpaired) electrons. The first-order valence-corrected chi connectivity index (χ1v) is 7.20. The van der Waals surface area contributed by atoms with Crippen LogP contribution in [0.25, 0.3) is 0 Å². The van der Waals surface area contributed by atoms with Crippen molar-refractivity contribution in [3.8, 4) is 5.75 Å². The van der Waals surface area contributed by atoms with Gasteiger partial charge >= 0.3 is 12.0 Å². The molecule has 0 aliphatic carbocycles. The monoisotopic (exact) mass is 322 g/mol. The second-order valence-corrected chi connectivity index (χ2v) is 5.57. The second kappa shape index (κ2) is 8.17. The Labute approximate surface area is 135 Å². The fraction of sp³-hybridized carbons (Fsp3) is 0.438. The number of esters is 1. The standard InChI is InChI=1S/C16H22N2O5/c1-9(2)14(15(20)18-16(17)21)23-13(19)8-22-12-7-10(3)5-6-11(12)4/h5-7,9,14H,8H2,1-4H3,(H3,17,18,20,21)/t14-/m1/s1. The maximum Gasteiger partial charge on any atom is 0.344 e. The number of hydrogen-bond donors (Lipinski definition) is 2. The summed E-state index contributed by atoms with van der Waals surface area (Å²) in [5.41, 5.74) is 6.78. The van der Waals surface area contributed by atoms with Crippen LogP contribution in [-0.4, -0.2) is 30.6 Å². The quantitative estimate of drug-likeness (QED) is 0.771. The zero-order chi connectivity index (χ0) is 17.6. The van der Waals surface area contributed by atoms with Gasteiger partial charge in [-0.05, 0) is 37.0 Å². The Hall–Kier alpha value is -2.57. The molecule has 0 unspecified atom stereocenters. The van der Waals surface area contributed by atoms with Crippen molar-refractivity contribution >= 4 is 17.9 Å². The van der Waals surface area contributed by atoms with Gasteiger partial charge in [0.25, 0.3) is 5.91 Å². The third-order valence-electron chi connectivity index (χ3n) is 3.06. The van der Waals surface area contributed by atoms with Crippen molar-refractivity contribution in [3.63, 3.8) is 0 Å². The molecule has 3 N–H and O–H groups in total. The van der Waals surface area contributed by atoms with Crippen molar-refractivity contribution in [3.05, 3.63) is 29.3 Å². The van der Waals surface area contributed by atoms with Crippen LogP contribution >= 0.6 is 0 Å². The Bertz CT molecular complexity index is 598. The smallest absolute Gasteiger partial charge is 0.344 e. The highest BCUT2D eigenvalue weighted by Crippen LogP contribution is 2.19. The first kappa shape index (κ1) is 18.5. The van der Waals surface area contributed by atoms with Crippen LogP contribution in [0.15, 0.2) is 18.2 Å². The number of nitrogens with two attached hydrogens (primary N) is 1. The number of benzene rings is 1. The minimum Gasteiger partial charge on any atom is -0.482 e. The number of carbonyl (C=O) groups is 3. The fourth-order valence-electron chi connectivity index (χ4n) is 1.86. The Morgan fingerprint density at radius 2 is 1.87 bits per heavy atom. The summed E-state index contributed by atoms with van der Waals surface area (Å²) in [6, 6.07) is 4.63. The molecule has 23 heavy (non-hydrogen) atoms. The summed E-state index contributed by atoms with van der Waals surface area (Å²) in [5.74, 6) is -1.21. The molecule has 0 bridgehead atoms. The van der Waals surface area contributed by atoms with Crippen LogP contribution in [0.3, 0.4) is 0 Å². The van der Waals surface area contributed by atoms with Crippen molar-refractivity contribution in [1.29, 1.82) is 0 Å². The van der Waals surface area contributed by atoms with Crippen LogP contribution < -0.4 is 15.8 Å². The molecule has 1 atom stereocenters. The fourth-order valence-corrected chi connectivity index (χ4v) is 1.86. The largest absolute Gasteiger partial charge is 0.482 e. The van der Waals surface area contributed by atoms with Gasteiger partial charge in [-0.3, -0.25) is 10.1 Å². The van der Waals surface area contributed by atoms with E-state index >= 15 is 0 Å². The van der Waals surface area contributed by atoms with E-state index in [1.165, 1.54) is 0 Å². The molecule has 7 heteroatoms. The number of rotatable bonds is 6. The Morgan fingerprint density at radius 3 is 2.43 bits per heavy atom. The van der Waals surface area contributed by atoms with Crippen molar-refractivity contribution in [1.82, 2.24) is 5.32 Å². The molecule has 0 aliphatic rings. The van der Waals surface area contributed by atoms with E-state index in [0.29, 0.717) is 5.75 Å². The first-order chi connectivity index (χ1) is 10.7. The molecule has 1 aromatic carbocycles. The van der Waals surface area contributed by atoms with Crippen LogP contribution in [0.5, 0.6) is 5.75 Å². The lowest BCUT2D eigenvalue weighted by Crippen LogP contribution is -2.46. The maximum absolute atomic E-state index is 11.9. The van der Waals surface area contributed by atoms with Gasteiger partial charge < -0.3 is 15.2 Å². The van der Waals surface area contributed by atoms with Crippen LogP contribution in [0.4, 0.5) is 4.79 Å². The molecule has 126 valence electrons. The van der Waals surface area contributed by atoms with E-state index in [9.17, 15) is 14.4 Å². The molecule has 0 spiro atoms. The number of aryl methyl sites for hydroxylation is 2. The van der Waals surface area contributed by atoms with Crippen molar-refractivity contribution in [2.24, 2.45) is 11.7 Å². The summed E-state index contributed by atoms with van der Waals surface area (Å²) in [7, 11) is 0. The molecule has 0 saturated carbocycles. The van der Waals surface area contributed by atoms with Crippen molar-refractivity contribution in [2.75, 3.05) is 6.61 Å². The predicted octanol–water partition coefficient (Wildman–Crippen LogP) is 1.44. The van der Waals surface area contributed by atoms with Gasteiger partial charge in [-0.25, -0.2) is 9.59 Å². The van der Waals surface area contributed by atoms with Crippen LogP contribution in [0, 0.1) is 19.8 Å². The SMILES string of the molecule is Cc1ccc(C)c(OCC(=O)O[C@@H](C(=O)NC(N)=O)C(C)C)c1. The molecule has 0 aliphatic heterocycles. The lowest BCUT2D eigenvalue weighted by molar-refractivity contribution is -0.160. The minimum atomic E-state index is -1.11. The van der Waals surface area contributed by atoms with E-state index in [2.05, 4.69) is 0 Å². The van der Waals surface area contributed by atoms with Gasteiger partial charge in [-0.15, -0.1) is 0 Å². The van der Waals surface area contributed by atoms with Gasteiger partial charge in [0.1, 0.15) is 5.75 Å². The molecule has 7 nitrogen and oxygen atoms in total. The second-order valence-electron chi connectivity index (χ2n) is 5.57. The van der Waals surface area contributed by atoms with E-state index in [1.54, 1.807) is 13.8 Å². The topological polar surface area (TPSA) is 108 Å². The van der Waals surface area contributed by atoms with E-state index in [1.807, 2.05) is 37.4 Å². The van der Waals surface area contributed by atoms with Gasteiger partial charge in [-0.2, -0.15) is 0 Å². The van der Waals surface area contributed by atoms with Gasteiger partial charge in [0, 0.05) is 0 Å². The Kier molecular flexibility index (Phi) is 6.56. The van der Waals surface area contributed by atoms with E-state index < -0.39 is 24.0 Å². The highest BCUT2D eigenvalue weighted by Gasteiger charge is 2.27. The maximum atomic E-state index is 11.9. The van der Waals surface area contributed by atoms with Crippen LogP contribution in [-0.2, 0) is 14.3 Å². The lowest BCUT2D eigenvalue weighted by atomic mass is 10.1. The molecular weight excluding hydrogens is 300 g/mol. The third-order valence-corrected chi connectivity index (χ3v) is 3.06. The van der Waals surface area contributed by atoms with E-state index in [-0.39, 0.29) is 12.5 Å². The number of carbonyl (C=O) groups excluding carboxylic acids is 3. The van der Waals surface area contributed by atoms with Gasteiger partial charge in [0.15, 0.2) is 12.7 Å². The molecule has 0 fully saturated rings. The first-order valence-electron chi connectivity index (χ1n) is 7.20. The molecule has 0 saturated heterocycles. The average molecular weight is 322 g/mol. The zero-order valence-electron chi connectivity index (χ0n) is 13.7.